The Morgan fingerprint density at radius 1 is 1.07 bits per heavy atom. The fraction of sp³-hybridized carbons (Fsp3) is 1.00. The van der Waals surface area contributed by atoms with E-state index in [2.05, 4.69) is 47.3 Å². The third-order valence-electron chi connectivity index (χ3n) is 1.84. The van der Waals surface area contributed by atoms with E-state index in [0.717, 1.165) is 0 Å². The molecule has 0 fully saturated rings. The average molecular weight is 234 g/mol. The molecule has 0 heterocycles. The number of rotatable bonds is 6. The smallest absolute Gasteiger partial charge is 0.186 e. The third-order valence-corrected chi connectivity index (χ3v) is 10.2. The molecule has 0 bridgehead atoms. The molecule has 86 valence electrons. The molecule has 0 saturated carbocycles. The summed E-state index contributed by atoms with van der Waals surface area (Å²) in [6, 6.07) is 0. The van der Waals surface area contributed by atoms with Crippen molar-refractivity contribution in [2.45, 2.75) is 65.2 Å². The quantitative estimate of drug-likeness (QED) is 0.658. The van der Waals surface area contributed by atoms with E-state index in [1.165, 1.54) is 5.67 Å². The zero-order chi connectivity index (χ0) is 11.4. The van der Waals surface area contributed by atoms with Gasteiger partial charge in [-0.25, -0.2) is 0 Å². The lowest BCUT2D eigenvalue weighted by molar-refractivity contribution is 0.226. The van der Waals surface area contributed by atoms with Crippen molar-refractivity contribution in [2.75, 3.05) is 0 Å². The van der Waals surface area contributed by atoms with Crippen LogP contribution in [0.15, 0.2) is 0 Å². The maximum atomic E-state index is 5.98. The summed E-state index contributed by atoms with van der Waals surface area (Å²) >= 11 is 0. The molecule has 0 aliphatic carbocycles. The molecule has 0 aromatic carbocycles. The summed E-state index contributed by atoms with van der Waals surface area (Å²) in [4.78, 5) is 0. The lowest BCUT2D eigenvalue weighted by Gasteiger charge is -2.28. The molecule has 1 atom stereocenters. The second-order valence-electron chi connectivity index (χ2n) is 5.13. The first-order chi connectivity index (χ1) is 6.23. The highest BCUT2D eigenvalue weighted by atomic mass is 28.4. The predicted octanol–water partition coefficient (Wildman–Crippen LogP) is 2.93. The predicted molar refractivity (Wildman–Crippen MR) is 67.7 cm³/mol. The molecule has 2 nitrogen and oxygen atoms in total. The lowest BCUT2D eigenvalue weighted by Crippen LogP contribution is -2.39. The molecule has 14 heavy (non-hydrogen) atoms. The molecule has 1 unspecified atom stereocenters. The highest BCUT2D eigenvalue weighted by Crippen LogP contribution is 2.16. The SMILES string of the molecule is CC(C)O[SiH](C)C[Si](C)(C)OC(C)C. The van der Waals surface area contributed by atoms with Crippen molar-refractivity contribution < 1.29 is 8.85 Å². The molecule has 0 rings (SSSR count). The Kier molecular flexibility index (Phi) is 6.20. The molecule has 0 aromatic heterocycles. The maximum absolute atomic E-state index is 5.98. The first kappa shape index (κ1) is 14.4. The standard InChI is InChI=1S/C10H26O2Si2/c1-9(2)11-13(5)8-14(6,7)12-10(3)4/h9-10,13H,8H2,1-7H3. The van der Waals surface area contributed by atoms with Crippen molar-refractivity contribution in [3.05, 3.63) is 0 Å². The van der Waals surface area contributed by atoms with Gasteiger partial charge in [0.2, 0.25) is 0 Å². The van der Waals surface area contributed by atoms with E-state index >= 15 is 0 Å². The summed E-state index contributed by atoms with van der Waals surface area (Å²) in [6.07, 6.45) is 0.734. The molecular formula is C10H26O2Si2. The van der Waals surface area contributed by atoms with Gasteiger partial charge in [0, 0.05) is 12.2 Å². The van der Waals surface area contributed by atoms with E-state index in [4.69, 9.17) is 8.85 Å². The van der Waals surface area contributed by atoms with Gasteiger partial charge in [0.15, 0.2) is 17.4 Å². The van der Waals surface area contributed by atoms with Crippen molar-refractivity contribution in [1.82, 2.24) is 0 Å². The van der Waals surface area contributed by atoms with Gasteiger partial charge in [-0.05, 0) is 53.0 Å². The van der Waals surface area contributed by atoms with Crippen molar-refractivity contribution >= 4 is 17.4 Å². The monoisotopic (exact) mass is 234 g/mol. The van der Waals surface area contributed by atoms with Gasteiger partial charge >= 0.3 is 0 Å². The van der Waals surface area contributed by atoms with Crippen molar-refractivity contribution in [3.8, 4) is 0 Å². The molecule has 4 heteroatoms. The third kappa shape index (κ3) is 7.73. The van der Waals surface area contributed by atoms with Crippen LogP contribution in [0.1, 0.15) is 27.7 Å². The Bertz CT molecular complexity index is 158. The van der Waals surface area contributed by atoms with Crippen molar-refractivity contribution in [3.63, 3.8) is 0 Å². The highest BCUT2D eigenvalue weighted by Gasteiger charge is 2.28. The molecule has 0 saturated heterocycles. The molecular weight excluding hydrogens is 208 g/mol. The normalized spacial score (nSPS) is 15.2. The zero-order valence-electron chi connectivity index (χ0n) is 10.8. The van der Waals surface area contributed by atoms with Crippen LogP contribution in [0.25, 0.3) is 0 Å². The maximum Gasteiger partial charge on any atom is 0.186 e. The molecule has 0 aromatic rings. The Morgan fingerprint density at radius 3 is 1.93 bits per heavy atom. The summed E-state index contributed by atoms with van der Waals surface area (Å²) in [5.41, 5.74) is 1.21. The molecule has 0 amide bonds. The van der Waals surface area contributed by atoms with Crippen LogP contribution < -0.4 is 0 Å². The Labute approximate surface area is 91.9 Å². The van der Waals surface area contributed by atoms with Gasteiger partial charge < -0.3 is 8.85 Å². The highest BCUT2D eigenvalue weighted by molar-refractivity contribution is 6.82. The zero-order valence-corrected chi connectivity index (χ0v) is 12.9. The van der Waals surface area contributed by atoms with E-state index in [-0.39, 0.29) is 0 Å². The van der Waals surface area contributed by atoms with Crippen LogP contribution in [0.2, 0.25) is 25.3 Å². The van der Waals surface area contributed by atoms with Gasteiger partial charge in [-0.2, -0.15) is 0 Å². The van der Waals surface area contributed by atoms with Gasteiger partial charge in [0.1, 0.15) is 0 Å². The van der Waals surface area contributed by atoms with E-state index in [1.54, 1.807) is 0 Å². The molecule has 0 aliphatic heterocycles. The lowest BCUT2D eigenvalue weighted by atomic mass is 10.5. The van der Waals surface area contributed by atoms with Gasteiger partial charge in [-0.3, -0.25) is 0 Å². The van der Waals surface area contributed by atoms with Gasteiger partial charge in [-0.1, -0.05) is 0 Å². The van der Waals surface area contributed by atoms with E-state index in [9.17, 15) is 0 Å². The number of hydrogen-bond donors (Lipinski definition) is 0. The van der Waals surface area contributed by atoms with Gasteiger partial charge in [0.05, 0.1) is 0 Å². The summed E-state index contributed by atoms with van der Waals surface area (Å²) < 4.78 is 11.8. The van der Waals surface area contributed by atoms with Crippen molar-refractivity contribution in [1.29, 1.82) is 0 Å². The number of hydrogen-bond acceptors (Lipinski definition) is 2. The van der Waals surface area contributed by atoms with Crippen LogP contribution in [0.4, 0.5) is 0 Å². The largest absolute Gasteiger partial charge is 0.418 e. The van der Waals surface area contributed by atoms with E-state index in [0.29, 0.717) is 12.2 Å². The summed E-state index contributed by atoms with van der Waals surface area (Å²) in [7, 11) is -2.47. The molecule has 0 aliphatic rings. The van der Waals surface area contributed by atoms with E-state index < -0.39 is 17.4 Å². The van der Waals surface area contributed by atoms with Crippen LogP contribution in [-0.4, -0.2) is 29.6 Å². The molecule has 0 N–H and O–H groups in total. The van der Waals surface area contributed by atoms with Crippen LogP contribution in [0.5, 0.6) is 0 Å². The molecule has 0 radical (unpaired) electrons. The minimum Gasteiger partial charge on any atom is -0.418 e. The second kappa shape index (κ2) is 6.05. The first-order valence-corrected chi connectivity index (χ1v) is 11.1. The molecule has 0 spiro atoms. The van der Waals surface area contributed by atoms with Crippen LogP contribution in [-0.2, 0) is 8.85 Å². The van der Waals surface area contributed by atoms with Crippen LogP contribution in [0, 0.1) is 0 Å². The average Bonchev–Trinajstić information content (AvgIpc) is 1.77. The minimum atomic E-state index is -1.46. The first-order valence-electron chi connectivity index (χ1n) is 5.56. The Hall–Kier alpha value is 0.354. The topological polar surface area (TPSA) is 18.5 Å². The van der Waals surface area contributed by atoms with Crippen LogP contribution >= 0.6 is 0 Å². The Morgan fingerprint density at radius 2 is 1.57 bits per heavy atom. The Balaban J connectivity index is 3.94. The second-order valence-corrected chi connectivity index (χ2v) is 12.4. The fourth-order valence-corrected chi connectivity index (χ4v) is 10.4. The fourth-order valence-electron chi connectivity index (χ4n) is 1.89. The van der Waals surface area contributed by atoms with Crippen molar-refractivity contribution in [2.24, 2.45) is 0 Å². The summed E-state index contributed by atoms with van der Waals surface area (Å²) in [5.74, 6) is 0. The summed E-state index contributed by atoms with van der Waals surface area (Å²) in [6.45, 7) is 15.3. The van der Waals surface area contributed by atoms with Gasteiger partial charge in [-0.15, -0.1) is 0 Å². The van der Waals surface area contributed by atoms with E-state index in [1.807, 2.05) is 0 Å². The van der Waals surface area contributed by atoms with Crippen LogP contribution in [0.3, 0.4) is 0 Å². The van der Waals surface area contributed by atoms with Gasteiger partial charge in [0.25, 0.3) is 0 Å². The minimum absolute atomic E-state index is 0.358. The summed E-state index contributed by atoms with van der Waals surface area (Å²) in [5, 5.41) is 0.